The number of hydrogen-bond acceptors (Lipinski definition) is 3. The molecule has 1 aliphatic rings. The van der Waals surface area contributed by atoms with Crippen LogP contribution in [0.4, 0.5) is 13.2 Å². The van der Waals surface area contributed by atoms with Gasteiger partial charge in [0.1, 0.15) is 0 Å². The Morgan fingerprint density at radius 1 is 1.36 bits per heavy atom. The summed E-state index contributed by atoms with van der Waals surface area (Å²) in [6.45, 7) is 4.01. The lowest BCUT2D eigenvalue weighted by molar-refractivity contribution is -0.137. The van der Waals surface area contributed by atoms with E-state index in [1.165, 1.54) is 6.07 Å². The van der Waals surface area contributed by atoms with Gasteiger partial charge in [0.25, 0.3) is 0 Å². The van der Waals surface area contributed by atoms with E-state index in [4.69, 9.17) is 10.00 Å². The van der Waals surface area contributed by atoms with Crippen molar-refractivity contribution in [3.63, 3.8) is 0 Å². The molecule has 1 aromatic carbocycles. The van der Waals surface area contributed by atoms with Crippen molar-refractivity contribution in [3.05, 3.63) is 59.7 Å². The van der Waals surface area contributed by atoms with E-state index in [0.29, 0.717) is 12.2 Å². The molecular formula is C18H16F3N3O. The zero-order valence-corrected chi connectivity index (χ0v) is 13.7. The van der Waals surface area contributed by atoms with Crippen molar-refractivity contribution in [2.75, 3.05) is 6.61 Å². The highest BCUT2D eigenvalue weighted by atomic mass is 19.4. The van der Waals surface area contributed by atoms with Crippen molar-refractivity contribution in [1.82, 2.24) is 9.55 Å². The predicted molar refractivity (Wildman–Crippen MR) is 85.4 cm³/mol. The van der Waals surface area contributed by atoms with E-state index in [1.54, 1.807) is 35.4 Å². The maximum absolute atomic E-state index is 13.3. The van der Waals surface area contributed by atoms with Crippen LogP contribution in [0.1, 0.15) is 36.5 Å². The number of alkyl halides is 3. The fourth-order valence-corrected chi connectivity index (χ4v) is 2.97. The number of nitriles is 1. The topological polar surface area (TPSA) is 50.8 Å². The molecule has 25 heavy (non-hydrogen) atoms. The maximum Gasteiger partial charge on any atom is 0.417 e. The molecule has 1 aromatic heterocycles. The number of halogens is 3. The van der Waals surface area contributed by atoms with Gasteiger partial charge >= 0.3 is 6.18 Å². The molecule has 0 radical (unpaired) electrons. The van der Waals surface area contributed by atoms with Crippen LogP contribution in [-0.2, 0) is 10.9 Å². The molecule has 0 aliphatic carbocycles. The van der Waals surface area contributed by atoms with Gasteiger partial charge in [-0.2, -0.15) is 18.4 Å². The Kier molecular flexibility index (Phi) is 4.17. The lowest BCUT2D eigenvalue weighted by Gasteiger charge is -2.38. The van der Waals surface area contributed by atoms with Gasteiger partial charge in [0.2, 0.25) is 0 Å². The van der Waals surface area contributed by atoms with Gasteiger partial charge in [-0.3, -0.25) is 0 Å². The largest absolute Gasteiger partial charge is 0.417 e. The molecular weight excluding hydrogens is 331 g/mol. The third-order valence-corrected chi connectivity index (χ3v) is 4.36. The van der Waals surface area contributed by atoms with Gasteiger partial charge in [0.05, 0.1) is 35.7 Å². The highest BCUT2D eigenvalue weighted by Crippen LogP contribution is 2.41. The molecule has 0 spiro atoms. The van der Waals surface area contributed by atoms with Crippen molar-refractivity contribution in [1.29, 1.82) is 5.26 Å². The molecule has 7 heteroatoms. The Morgan fingerprint density at radius 2 is 2.12 bits per heavy atom. The van der Waals surface area contributed by atoms with Crippen molar-refractivity contribution >= 4 is 5.70 Å². The van der Waals surface area contributed by atoms with E-state index in [9.17, 15) is 13.2 Å². The van der Waals surface area contributed by atoms with Crippen molar-refractivity contribution in [3.8, 4) is 6.07 Å². The molecule has 0 amide bonds. The monoisotopic (exact) mass is 347 g/mol. The molecule has 0 bridgehead atoms. The quantitative estimate of drug-likeness (QED) is 0.818. The van der Waals surface area contributed by atoms with E-state index in [-0.39, 0.29) is 5.56 Å². The second-order valence-electron chi connectivity index (χ2n) is 6.41. The third-order valence-electron chi connectivity index (χ3n) is 4.36. The highest BCUT2D eigenvalue weighted by molar-refractivity contribution is 5.53. The van der Waals surface area contributed by atoms with Crippen molar-refractivity contribution < 1.29 is 17.9 Å². The van der Waals surface area contributed by atoms with Crippen LogP contribution < -0.4 is 0 Å². The number of aromatic nitrogens is 2. The number of hydrogen-bond donors (Lipinski definition) is 0. The maximum atomic E-state index is 13.3. The smallest absolute Gasteiger partial charge is 0.368 e. The molecule has 1 unspecified atom stereocenters. The summed E-state index contributed by atoms with van der Waals surface area (Å²) < 4.78 is 47.5. The number of imidazole rings is 1. The molecule has 0 saturated carbocycles. The fraction of sp³-hybridized carbons (Fsp3) is 0.333. The molecule has 0 fully saturated rings. The summed E-state index contributed by atoms with van der Waals surface area (Å²) in [6.07, 6.45) is 2.30. The molecule has 1 atom stereocenters. The number of rotatable bonds is 2. The van der Waals surface area contributed by atoms with Crippen LogP contribution in [0.15, 0.2) is 43.0 Å². The van der Waals surface area contributed by atoms with Crippen LogP contribution in [0.25, 0.3) is 5.70 Å². The first-order valence-corrected chi connectivity index (χ1v) is 7.66. The summed E-state index contributed by atoms with van der Waals surface area (Å²) >= 11 is 0. The minimum Gasteiger partial charge on any atom is -0.368 e. The Labute approximate surface area is 143 Å². The summed E-state index contributed by atoms with van der Waals surface area (Å²) in [5, 5.41) is 8.96. The number of nitrogens with zero attached hydrogens (tertiary/aromatic N) is 3. The van der Waals surface area contributed by atoms with Crippen LogP contribution in [0.5, 0.6) is 0 Å². The molecule has 130 valence electrons. The van der Waals surface area contributed by atoms with Crippen LogP contribution in [0, 0.1) is 11.3 Å². The van der Waals surface area contributed by atoms with Crippen LogP contribution in [0.2, 0.25) is 0 Å². The van der Waals surface area contributed by atoms with E-state index in [0.717, 1.165) is 11.8 Å². The standard InChI is InChI=1S/C18H16F3N3O/c1-17(2)15(8-14(10-25-17)24-6-5-23-11-24)12-3-4-13(9-22)16(7-12)18(19,20)21/h3-8,11,15H,10H2,1-2H3. The average molecular weight is 347 g/mol. The Balaban J connectivity index is 2.10. The summed E-state index contributed by atoms with van der Waals surface area (Å²) in [6, 6.07) is 5.42. The van der Waals surface area contributed by atoms with Gasteiger partial charge in [0.15, 0.2) is 0 Å². The Morgan fingerprint density at radius 3 is 2.72 bits per heavy atom. The summed E-state index contributed by atoms with van der Waals surface area (Å²) in [7, 11) is 0. The van der Waals surface area contributed by atoms with E-state index in [2.05, 4.69) is 4.98 Å². The van der Waals surface area contributed by atoms with Gasteiger partial charge in [-0.25, -0.2) is 4.98 Å². The summed E-state index contributed by atoms with van der Waals surface area (Å²) in [5.41, 5.74) is -0.731. The van der Waals surface area contributed by atoms with Gasteiger partial charge in [-0.05, 0) is 31.5 Å². The fourth-order valence-electron chi connectivity index (χ4n) is 2.97. The van der Waals surface area contributed by atoms with Crippen LogP contribution in [0.3, 0.4) is 0 Å². The molecule has 4 nitrogen and oxygen atoms in total. The van der Waals surface area contributed by atoms with E-state index in [1.807, 2.05) is 19.9 Å². The van der Waals surface area contributed by atoms with Crippen molar-refractivity contribution in [2.45, 2.75) is 31.5 Å². The van der Waals surface area contributed by atoms with Gasteiger partial charge in [-0.15, -0.1) is 0 Å². The molecule has 2 heterocycles. The average Bonchev–Trinajstić information content (AvgIpc) is 3.07. The Hall–Kier alpha value is -2.59. The molecule has 3 rings (SSSR count). The lowest BCUT2D eigenvalue weighted by Crippen LogP contribution is -2.36. The zero-order valence-electron chi connectivity index (χ0n) is 13.7. The minimum atomic E-state index is -4.59. The van der Waals surface area contributed by atoms with Gasteiger partial charge in [-0.1, -0.05) is 12.1 Å². The second kappa shape index (κ2) is 6.05. The first-order chi connectivity index (χ1) is 11.7. The summed E-state index contributed by atoms with van der Waals surface area (Å²) in [4.78, 5) is 3.98. The lowest BCUT2D eigenvalue weighted by atomic mass is 9.81. The Bertz CT molecular complexity index is 845. The van der Waals surface area contributed by atoms with Gasteiger partial charge < -0.3 is 9.30 Å². The van der Waals surface area contributed by atoms with Crippen LogP contribution >= 0.6 is 0 Å². The predicted octanol–water partition coefficient (Wildman–Crippen LogP) is 4.21. The van der Waals surface area contributed by atoms with Crippen molar-refractivity contribution in [2.24, 2.45) is 0 Å². The molecule has 0 N–H and O–H groups in total. The number of ether oxygens (including phenoxy) is 1. The molecule has 2 aromatic rings. The molecule has 0 saturated heterocycles. The summed E-state index contributed by atoms with van der Waals surface area (Å²) in [5.74, 6) is -0.396. The normalized spacial score (nSPS) is 20.0. The van der Waals surface area contributed by atoms with E-state index < -0.39 is 23.3 Å². The molecule has 1 aliphatic heterocycles. The minimum absolute atomic E-state index is 0.336. The number of benzene rings is 1. The van der Waals surface area contributed by atoms with E-state index >= 15 is 0 Å². The van der Waals surface area contributed by atoms with Crippen LogP contribution in [-0.4, -0.2) is 21.8 Å². The highest BCUT2D eigenvalue weighted by Gasteiger charge is 2.38. The van der Waals surface area contributed by atoms with Gasteiger partial charge in [0, 0.05) is 24.0 Å². The third kappa shape index (κ3) is 3.30. The second-order valence-corrected chi connectivity index (χ2v) is 6.41. The SMILES string of the molecule is CC1(C)OCC(n2ccnc2)=CC1c1ccc(C#N)c(C(F)(F)F)c1. The first kappa shape index (κ1) is 17.2. The first-order valence-electron chi connectivity index (χ1n) is 7.66. The zero-order chi connectivity index (χ0) is 18.2.